The lowest BCUT2D eigenvalue weighted by Crippen LogP contribution is -2.23. The van der Waals surface area contributed by atoms with Crippen LogP contribution in [0.15, 0.2) is 46.6 Å². The minimum Gasteiger partial charge on any atom is -0.496 e. The third kappa shape index (κ3) is 3.45. The van der Waals surface area contributed by atoms with E-state index in [0.29, 0.717) is 17.7 Å². The van der Waals surface area contributed by atoms with Gasteiger partial charge in [-0.3, -0.25) is 4.79 Å². The minimum atomic E-state index is -1.02. The molecule has 7 heteroatoms. The Morgan fingerprint density at radius 1 is 1.24 bits per heavy atom. The lowest BCUT2D eigenvalue weighted by Gasteiger charge is -2.16. The van der Waals surface area contributed by atoms with Crippen LogP contribution < -0.4 is 15.6 Å². The summed E-state index contributed by atoms with van der Waals surface area (Å²) in [5.74, 6) is 0.745. The third-order valence-electron chi connectivity index (χ3n) is 5.02. The van der Waals surface area contributed by atoms with E-state index in [1.807, 2.05) is 48.7 Å². The van der Waals surface area contributed by atoms with Gasteiger partial charge < -0.3 is 20.1 Å². The van der Waals surface area contributed by atoms with Gasteiger partial charge in [0, 0.05) is 22.9 Å². The SMILES string of the molecule is COc1cc(C)c2[nH]c(=O)c3sccc3c2c1-c1ccc(CCNC(=O)O)cc1. The maximum Gasteiger partial charge on any atom is 0.404 e. The van der Waals surface area contributed by atoms with Crippen LogP contribution in [-0.2, 0) is 6.42 Å². The van der Waals surface area contributed by atoms with Crippen LogP contribution in [0.3, 0.4) is 0 Å². The number of aryl methyl sites for hydroxylation is 1. The number of H-pyrrole nitrogens is 1. The number of hydrogen-bond acceptors (Lipinski definition) is 4. The summed E-state index contributed by atoms with van der Waals surface area (Å²) in [6.07, 6.45) is -0.410. The van der Waals surface area contributed by atoms with E-state index >= 15 is 0 Å². The number of nitrogens with one attached hydrogen (secondary N) is 2. The predicted molar refractivity (Wildman–Crippen MR) is 116 cm³/mol. The zero-order valence-electron chi connectivity index (χ0n) is 16.0. The van der Waals surface area contributed by atoms with Crippen molar-refractivity contribution in [3.8, 4) is 16.9 Å². The molecule has 0 bridgehead atoms. The van der Waals surface area contributed by atoms with Crippen molar-refractivity contribution >= 4 is 38.4 Å². The highest BCUT2D eigenvalue weighted by Gasteiger charge is 2.18. The number of methoxy groups -OCH3 is 1. The lowest BCUT2D eigenvalue weighted by molar-refractivity contribution is 0.194. The molecule has 2 aromatic heterocycles. The first kappa shape index (κ1) is 19.0. The molecule has 148 valence electrons. The van der Waals surface area contributed by atoms with Crippen LogP contribution in [-0.4, -0.2) is 29.8 Å². The van der Waals surface area contributed by atoms with Gasteiger partial charge in [0.15, 0.2) is 0 Å². The molecule has 4 rings (SSSR count). The van der Waals surface area contributed by atoms with Crippen molar-refractivity contribution in [2.45, 2.75) is 13.3 Å². The molecule has 1 amide bonds. The van der Waals surface area contributed by atoms with E-state index in [1.54, 1.807) is 7.11 Å². The van der Waals surface area contributed by atoms with Gasteiger partial charge in [-0.15, -0.1) is 11.3 Å². The third-order valence-corrected chi connectivity index (χ3v) is 5.93. The second-order valence-electron chi connectivity index (χ2n) is 6.82. The van der Waals surface area contributed by atoms with E-state index in [4.69, 9.17) is 9.84 Å². The molecule has 0 radical (unpaired) electrons. The second kappa shape index (κ2) is 7.60. The van der Waals surface area contributed by atoms with Crippen LogP contribution in [0.4, 0.5) is 4.79 Å². The van der Waals surface area contributed by atoms with Crippen LogP contribution in [0.25, 0.3) is 32.1 Å². The van der Waals surface area contributed by atoms with Crippen LogP contribution >= 0.6 is 11.3 Å². The molecular formula is C22H20N2O4S. The van der Waals surface area contributed by atoms with Gasteiger partial charge in [-0.1, -0.05) is 24.3 Å². The smallest absolute Gasteiger partial charge is 0.404 e. The molecule has 0 aliphatic heterocycles. The fourth-order valence-corrected chi connectivity index (χ4v) is 4.46. The van der Waals surface area contributed by atoms with Crippen LogP contribution in [0, 0.1) is 6.92 Å². The van der Waals surface area contributed by atoms with E-state index in [0.717, 1.165) is 44.3 Å². The Labute approximate surface area is 170 Å². The summed E-state index contributed by atoms with van der Waals surface area (Å²) < 4.78 is 6.40. The van der Waals surface area contributed by atoms with Gasteiger partial charge >= 0.3 is 6.09 Å². The van der Waals surface area contributed by atoms with E-state index in [1.165, 1.54) is 11.3 Å². The summed E-state index contributed by atoms with van der Waals surface area (Å²) in [5.41, 5.74) is 4.62. The number of carboxylic acid groups (broad SMARTS) is 1. The van der Waals surface area contributed by atoms with Gasteiger partial charge in [-0.25, -0.2) is 4.79 Å². The number of aromatic amines is 1. The monoisotopic (exact) mass is 408 g/mol. The van der Waals surface area contributed by atoms with Crippen molar-refractivity contribution in [3.63, 3.8) is 0 Å². The Hall–Kier alpha value is -3.32. The second-order valence-corrected chi connectivity index (χ2v) is 7.73. The molecule has 0 saturated carbocycles. The highest BCUT2D eigenvalue weighted by Crippen LogP contribution is 2.41. The van der Waals surface area contributed by atoms with Gasteiger partial charge in [0.2, 0.25) is 0 Å². The fraction of sp³-hybridized carbons (Fsp3) is 0.182. The Kier molecular flexibility index (Phi) is 4.98. The number of thiophene rings is 1. The number of carbonyl (C=O) groups is 1. The molecule has 29 heavy (non-hydrogen) atoms. The van der Waals surface area contributed by atoms with E-state index in [9.17, 15) is 9.59 Å². The van der Waals surface area contributed by atoms with Crippen molar-refractivity contribution in [1.29, 1.82) is 0 Å². The highest BCUT2D eigenvalue weighted by atomic mass is 32.1. The van der Waals surface area contributed by atoms with Crippen LogP contribution in [0.5, 0.6) is 5.75 Å². The first-order valence-corrected chi connectivity index (χ1v) is 10.0. The topological polar surface area (TPSA) is 91.4 Å². The maximum atomic E-state index is 12.5. The average molecular weight is 408 g/mol. The Bertz CT molecular complexity index is 1270. The van der Waals surface area contributed by atoms with E-state index in [2.05, 4.69) is 10.3 Å². The van der Waals surface area contributed by atoms with E-state index < -0.39 is 6.09 Å². The minimum absolute atomic E-state index is 0.0806. The van der Waals surface area contributed by atoms with Gasteiger partial charge in [0.05, 0.1) is 12.6 Å². The number of amides is 1. The molecule has 2 heterocycles. The first-order valence-electron chi connectivity index (χ1n) is 9.16. The number of aromatic nitrogens is 1. The summed E-state index contributed by atoms with van der Waals surface area (Å²) in [6, 6.07) is 11.9. The molecule has 0 atom stereocenters. The van der Waals surface area contributed by atoms with Crippen LogP contribution in [0.1, 0.15) is 11.1 Å². The largest absolute Gasteiger partial charge is 0.496 e. The summed E-state index contributed by atoms with van der Waals surface area (Å²) in [4.78, 5) is 26.1. The predicted octanol–water partition coefficient (Wildman–Crippen LogP) is 4.54. The Balaban J connectivity index is 1.89. The summed E-state index contributed by atoms with van der Waals surface area (Å²) >= 11 is 1.43. The average Bonchev–Trinajstić information content (AvgIpc) is 3.19. The first-order chi connectivity index (χ1) is 14.0. The Morgan fingerprint density at radius 2 is 2.00 bits per heavy atom. The summed E-state index contributed by atoms with van der Waals surface area (Å²) in [6.45, 7) is 2.32. The highest BCUT2D eigenvalue weighted by molar-refractivity contribution is 7.17. The summed E-state index contributed by atoms with van der Waals surface area (Å²) in [7, 11) is 1.65. The molecule has 4 aromatic rings. The van der Waals surface area contributed by atoms with Crippen molar-refractivity contribution in [2.24, 2.45) is 0 Å². The van der Waals surface area contributed by atoms with Crippen molar-refractivity contribution in [1.82, 2.24) is 10.3 Å². The number of hydrogen-bond donors (Lipinski definition) is 3. The maximum absolute atomic E-state index is 12.5. The molecule has 0 spiro atoms. The molecule has 0 unspecified atom stereocenters. The van der Waals surface area contributed by atoms with Gasteiger partial charge in [0.1, 0.15) is 10.4 Å². The summed E-state index contributed by atoms with van der Waals surface area (Å²) in [5, 5.41) is 14.9. The zero-order valence-corrected chi connectivity index (χ0v) is 16.9. The standard InChI is InChI=1S/C22H20N2O4S/c1-12-11-16(28-2)17(14-5-3-13(4-6-14)7-9-23-22(26)27)18-15-8-10-29-20(15)21(25)24-19(12)18/h3-6,8,10-11,23H,7,9H2,1-2H3,(H,24,25)(H,26,27). The molecular weight excluding hydrogens is 388 g/mol. The normalized spacial score (nSPS) is 11.1. The molecule has 0 aliphatic carbocycles. The number of ether oxygens (including phenoxy) is 1. The number of rotatable bonds is 5. The fourth-order valence-electron chi connectivity index (χ4n) is 3.67. The zero-order chi connectivity index (χ0) is 20.5. The van der Waals surface area contributed by atoms with Crippen LogP contribution in [0.2, 0.25) is 0 Å². The van der Waals surface area contributed by atoms with Gasteiger partial charge in [-0.2, -0.15) is 0 Å². The quantitative estimate of drug-likeness (QED) is 0.452. The van der Waals surface area contributed by atoms with Gasteiger partial charge in [0.25, 0.3) is 5.56 Å². The number of pyridine rings is 1. The van der Waals surface area contributed by atoms with Crippen molar-refractivity contribution in [3.05, 3.63) is 63.3 Å². The van der Waals surface area contributed by atoms with Crippen molar-refractivity contribution < 1.29 is 14.6 Å². The van der Waals surface area contributed by atoms with Gasteiger partial charge in [-0.05, 0) is 47.5 Å². The number of benzene rings is 2. The molecule has 2 aromatic carbocycles. The molecule has 6 nitrogen and oxygen atoms in total. The molecule has 3 N–H and O–H groups in total. The molecule has 0 fully saturated rings. The van der Waals surface area contributed by atoms with E-state index in [-0.39, 0.29) is 5.56 Å². The van der Waals surface area contributed by atoms with Crippen molar-refractivity contribution in [2.75, 3.05) is 13.7 Å². The Morgan fingerprint density at radius 3 is 2.69 bits per heavy atom. The molecule has 0 saturated heterocycles. The number of fused-ring (bicyclic) bond motifs is 3. The lowest BCUT2D eigenvalue weighted by atomic mass is 9.94. The molecule has 0 aliphatic rings.